The number of hydrogen-bond donors (Lipinski definition) is 0. The van der Waals surface area contributed by atoms with Gasteiger partial charge in [0.05, 0.1) is 66.6 Å². The lowest BCUT2D eigenvalue weighted by Crippen LogP contribution is -1.96. The lowest BCUT2D eigenvalue weighted by Gasteiger charge is -2.14. The van der Waals surface area contributed by atoms with Gasteiger partial charge in [-0.25, -0.2) is 24.9 Å². The van der Waals surface area contributed by atoms with Gasteiger partial charge in [-0.15, -0.1) is 0 Å². The van der Waals surface area contributed by atoms with Crippen LogP contribution >= 0.6 is 0 Å². The van der Waals surface area contributed by atoms with Crippen LogP contribution in [0.5, 0.6) is 0 Å². The molecule has 18 aromatic carbocycles. The highest BCUT2D eigenvalue weighted by atomic mass is 14.9. The third-order valence-electron chi connectivity index (χ3n) is 25.0. The number of para-hydroxylation sites is 3. The van der Waals surface area contributed by atoms with Crippen LogP contribution in [-0.2, 0) is 0 Å². The maximum Gasteiger partial charge on any atom is 0.160 e. The molecule has 0 bridgehead atoms. The molecule has 0 fully saturated rings. The van der Waals surface area contributed by atoms with Crippen LogP contribution in [0, 0.1) is 0 Å². The molecule has 8 aromatic heterocycles. The lowest BCUT2D eigenvalue weighted by molar-refractivity contribution is 1.18. The van der Waals surface area contributed by atoms with Crippen molar-refractivity contribution >= 4 is 152 Å². The Morgan fingerprint density at radius 2 is 0.430 bits per heavy atom. The highest BCUT2D eigenvalue weighted by molar-refractivity contribution is 6.20. The van der Waals surface area contributed by atoms with E-state index >= 15 is 0 Å². The van der Waals surface area contributed by atoms with Crippen LogP contribution in [-0.4, -0.2) is 44.9 Å². The van der Waals surface area contributed by atoms with Gasteiger partial charge in [0.25, 0.3) is 0 Å². The average molecular weight is 1630 g/mol. The number of aromatic nitrogens is 9. The van der Waals surface area contributed by atoms with Gasteiger partial charge >= 0.3 is 0 Å². The second kappa shape index (κ2) is 31.6. The molecule has 9 nitrogen and oxygen atoms in total. The molecule has 0 unspecified atom stereocenters. The molecule has 9 heteroatoms. The fourth-order valence-electron chi connectivity index (χ4n) is 18.7. The first kappa shape index (κ1) is 74.6. The Kier molecular flexibility index (Phi) is 18.4. The predicted octanol–water partition coefficient (Wildman–Crippen LogP) is 30.8. The van der Waals surface area contributed by atoms with Crippen molar-refractivity contribution in [2.24, 2.45) is 0 Å². The van der Waals surface area contributed by atoms with Gasteiger partial charge in [0.1, 0.15) is 0 Å². The molecule has 0 atom stereocenters. The number of nitrogens with zero attached hydrogens (tertiary/aromatic N) is 9. The van der Waals surface area contributed by atoms with Crippen LogP contribution in [0.2, 0.25) is 0 Å². The molecule has 594 valence electrons. The molecule has 0 spiro atoms. The minimum absolute atomic E-state index is 0.714. The summed E-state index contributed by atoms with van der Waals surface area (Å²) in [4.78, 5) is 43.8. The second-order valence-corrected chi connectivity index (χ2v) is 32.7. The molecule has 0 radical (unpaired) electrons. The molecule has 0 amide bonds. The molecule has 26 rings (SSSR count). The van der Waals surface area contributed by atoms with Crippen molar-refractivity contribution < 1.29 is 0 Å². The summed E-state index contributed by atoms with van der Waals surface area (Å²) in [7, 11) is 0. The first-order chi connectivity index (χ1) is 63.4. The van der Waals surface area contributed by atoms with E-state index in [4.69, 9.17) is 39.9 Å². The molecule has 0 N–H and O–H groups in total. The molecule has 0 aliphatic rings. The third kappa shape index (κ3) is 13.7. The van der Waals surface area contributed by atoms with Gasteiger partial charge in [-0.3, -0.25) is 19.9 Å². The van der Waals surface area contributed by atoms with Gasteiger partial charge in [-0.2, -0.15) is 0 Å². The van der Waals surface area contributed by atoms with E-state index < -0.39 is 0 Å². The Morgan fingerprint density at radius 3 is 0.898 bits per heavy atom. The van der Waals surface area contributed by atoms with Gasteiger partial charge < -0.3 is 0 Å². The zero-order valence-corrected chi connectivity index (χ0v) is 69.2. The van der Waals surface area contributed by atoms with Gasteiger partial charge in [-0.1, -0.05) is 309 Å². The van der Waals surface area contributed by atoms with E-state index in [0.29, 0.717) is 5.82 Å². The minimum atomic E-state index is 0.714. The van der Waals surface area contributed by atoms with Crippen molar-refractivity contribution in [3.63, 3.8) is 0 Å². The van der Waals surface area contributed by atoms with Gasteiger partial charge in [0, 0.05) is 112 Å². The van der Waals surface area contributed by atoms with E-state index in [-0.39, 0.29) is 0 Å². The maximum absolute atomic E-state index is 5.09. The summed E-state index contributed by atoms with van der Waals surface area (Å²) in [6.07, 6.45) is 7.38. The van der Waals surface area contributed by atoms with E-state index in [1.54, 1.807) is 0 Å². The number of pyridine rings is 7. The quantitative estimate of drug-likeness (QED) is 0.103. The van der Waals surface area contributed by atoms with Crippen molar-refractivity contribution in [2.45, 2.75) is 0 Å². The number of hydrogen-bond acceptors (Lipinski definition) is 9. The van der Waals surface area contributed by atoms with Crippen LogP contribution < -0.4 is 0 Å². The summed E-state index contributed by atoms with van der Waals surface area (Å²) < 4.78 is 0. The molecule has 128 heavy (non-hydrogen) atoms. The van der Waals surface area contributed by atoms with Crippen LogP contribution in [0.15, 0.2) is 443 Å². The number of fused-ring (bicyclic) bond motifs is 17. The van der Waals surface area contributed by atoms with E-state index in [0.717, 1.165) is 153 Å². The van der Waals surface area contributed by atoms with Crippen LogP contribution in [0.25, 0.3) is 253 Å². The Bertz CT molecular complexity index is 8930. The van der Waals surface area contributed by atoms with Crippen molar-refractivity contribution in [3.05, 3.63) is 443 Å². The monoisotopic (exact) mass is 1630 g/mol. The predicted molar refractivity (Wildman–Crippen MR) is 533 cm³/mol. The van der Waals surface area contributed by atoms with E-state index in [1.807, 2.05) is 97.6 Å². The van der Waals surface area contributed by atoms with E-state index in [2.05, 4.69) is 351 Å². The van der Waals surface area contributed by atoms with Crippen molar-refractivity contribution in [1.82, 2.24) is 44.9 Å². The highest BCUT2D eigenvalue weighted by Gasteiger charge is 2.21. The Labute approximate surface area is 736 Å². The Balaban J connectivity index is 0.000000107. The third-order valence-corrected chi connectivity index (χ3v) is 25.0. The Morgan fingerprint density at radius 1 is 0.133 bits per heavy atom. The van der Waals surface area contributed by atoms with Crippen LogP contribution in [0.1, 0.15) is 0 Å². The fraction of sp³-hybridized carbons (Fsp3) is 0. The minimum Gasteiger partial charge on any atom is -0.256 e. The average Bonchev–Trinajstić information content (AvgIpc) is 0.745. The summed E-state index contributed by atoms with van der Waals surface area (Å²) >= 11 is 0. The molecule has 0 saturated heterocycles. The maximum atomic E-state index is 5.09. The molecular formula is C119H73N9. The van der Waals surface area contributed by atoms with E-state index in [9.17, 15) is 0 Å². The molecular weight excluding hydrogens is 1560 g/mol. The standard InChI is InChI=1S/C42H26N4.C42H26N2.C35H21N3/c1-3-10-27(11-4-1)37-26-38(46-42(45-37)29-12-5-2-6-13-29)32-19-17-31-25-33(20-18-30(31)24-32)39-34-15-7-8-16-36(34)44-41-35(39)22-21-28-14-9-23-43-40(28)41;1-2-8-29-23-32(15-14-27(29)7-1)34-19-18-33-24-31(16-17-35(33)25-34)30-9-5-10-36(26-30)40-37-12-3-4-13-39(37)44-42-38(40)21-20-28-11-6-22-43-41(28)42;1-2-8-32-29(7-1)33(30-15-13-22-5-3-18-37-34(22)35(30)38-32)28-12-11-24-19-23(9-10-25(24)21-28)26-14-16-31-27(20-26)6-4-17-36-31/h1-26H;1-26H;1-21H. The van der Waals surface area contributed by atoms with Gasteiger partial charge in [0.15, 0.2) is 5.82 Å². The van der Waals surface area contributed by atoms with Crippen molar-refractivity contribution in [1.29, 1.82) is 0 Å². The van der Waals surface area contributed by atoms with Crippen LogP contribution in [0.4, 0.5) is 0 Å². The Hall–Kier alpha value is -17.3. The zero-order valence-electron chi connectivity index (χ0n) is 69.2. The first-order valence-corrected chi connectivity index (χ1v) is 43.2. The summed E-state index contributed by atoms with van der Waals surface area (Å²) in [6, 6.07) is 148. The van der Waals surface area contributed by atoms with Crippen molar-refractivity contribution in [2.75, 3.05) is 0 Å². The first-order valence-electron chi connectivity index (χ1n) is 43.2. The SMILES string of the molecule is c1cc(-c2ccc3cc(-c4ccc5ccccc5c4)ccc3c2)cc(-c2c3ccccc3nc3c2ccc2cccnc23)c1.c1ccc(-c2cc(-c3ccc4cc(-c5c6ccccc6nc6c5ccc5cccnc56)ccc4c3)nc(-c3ccccc3)n2)cc1.c1cnc2ccc(-c3ccc4cc(-c5c6ccccc6nc6c5ccc5cccnc56)ccc4c3)cc2c1. The molecule has 0 saturated carbocycles. The second-order valence-electron chi connectivity index (χ2n) is 32.7. The molecule has 26 aromatic rings. The smallest absolute Gasteiger partial charge is 0.160 e. The number of rotatable bonds is 9. The normalized spacial score (nSPS) is 11.6. The number of benzene rings is 18. The summed E-state index contributed by atoms with van der Waals surface area (Å²) in [5, 5.41) is 20.9. The topological polar surface area (TPSA) is 116 Å². The summed E-state index contributed by atoms with van der Waals surface area (Å²) in [6.45, 7) is 0. The zero-order chi connectivity index (χ0) is 84.5. The van der Waals surface area contributed by atoms with E-state index in [1.165, 1.54) is 93.5 Å². The molecule has 0 aliphatic carbocycles. The largest absolute Gasteiger partial charge is 0.256 e. The van der Waals surface area contributed by atoms with Crippen molar-refractivity contribution in [3.8, 4) is 101 Å². The fourth-order valence-corrected chi connectivity index (χ4v) is 18.7. The van der Waals surface area contributed by atoms with Crippen LogP contribution in [0.3, 0.4) is 0 Å². The summed E-state index contributed by atoms with van der Waals surface area (Å²) in [5.74, 6) is 0.714. The molecule has 8 heterocycles. The summed E-state index contributed by atoms with van der Waals surface area (Å²) in [5.41, 5.74) is 28.8. The lowest BCUT2D eigenvalue weighted by atomic mass is 9.92. The van der Waals surface area contributed by atoms with Gasteiger partial charge in [0.2, 0.25) is 0 Å². The molecule has 0 aliphatic heterocycles. The van der Waals surface area contributed by atoms with Gasteiger partial charge in [-0.05, 0) is 202 Å². The highest BCUT2D eigenvalue weighted by Crippen LogP contribution is 2.45.